The highest BCUT2D eigenvalue weighted by molar-refractivity contribution is 6.30. The van der Waals surface area contributed by atoms with Crippen LogP contribution >= 0.6 is 11.6 Å². The molecule has 0 aromatic heterocycles. The Morgan fingerprint density at radius 1 is 0.929 bits per heavy atom. The molecule has 0 bridgehead atoms. The first-order valence-corrected chi connectivity index (χ1v) is 9.34. The molecule has 5 heteroatoms. The number of amides is 1. The molecule has 0 N–H and O–H groups in total. The van der Waals surface area contributed by atoms with Gasteiger partial charge in [0.2, 0.25) is 0 Å². The zero-order valence-corrected chi connectivity index (χ0v) is 16.1. The van der Waals surface area contributed by atoms with E-state index >= 15 is 0 Å². The SMILES string of the molecule is CN(CCOc1ccc(Cl)cc1)C(=O)c1ccc2c(c1)C(=O)c1ccccc1-2. The van der Waals surface area contributed by atoms with Gasteiger partial charge >= 0.3 is 0 Å². The van der Waals surface area contributed by atoms with Crippen LogP contribution in [-0.4, -0.2) is 36.8 Å². The van der Waals surface area contributed by atoms with E-state index < -0.39 is 0 Å². The van der Waals surface area contributed by atoms with Crippen molar-refractivity contribution in [3.8, 4) is 16.9 Å². The van der Waals surface area contributed by atoms with Crippen molar-refractivity contribution in [2.24, 2.45) is 0 Å². The van der Waals surface area contributed by atoms with E-state index in [0.29, 0.717) is 40.6 Å². The molecule has 3 aromatic rings. The normalized spacial score (nSPS) is 11.7. The number of nitrogens with zero attached hydrogens (tertiary/aromatic N) is 1. The number of carbonyl (C=O) groups excluding carboxylic acids is 2. The zero-order chi connectivity index (χ0) is 19.7. The zero-order valence-electron chi connectivity index (χ0n) is 15.3. The Balaban J connectivity index is 1.44. The second kappa shape index (κ2) is 7.49. The van der Waals surface area contributed by atoms with Crippen molar-refractivity contribution < 1.29 is 14.3 Å². The van der Waals surface area contributed by atoms with Crippen molar-refractivity contribution in [1.82, 2.24) is 4.90 Å². The van der Waals surface area contributed by atoms with Gasteiger partial charge in [0.05, 0.1) is 6.54 Å². The van der Waals surface area contributed by atoms with Crippen LogP contribution in [-0.2, 0) is 0 Å². The number of fused-ring (bicyclic) bond motifs is 3. The lowest BCUT2D eigenvalue weighted by Crippen LogP contribution is -2.31. The van der Waals surface area contributed by atoms with Crippen LogP contribution in [0.2, 0.25) is 5.02 Å². The van der Waals surface area contributed by atoms with Gasteiger partial charge < -0.3 is 9.64 Å². The van der Waals surface area contributed by atoms with Gasteiger partial charge in [0.1, 0.15) is 12.4 Å². The number of hydrogen-bond acceptors (Lipinski definition) is 3. The number of likely N-dealkylation sites (N-methyl/N-ethyl adjacent to an activating group) is 1. The Bertz CT molecular complexity index is 1060. The number of ether oxygens (including phenoxy) is 1. The molecule has 28 heavy (non-hydrogen) atoms. The number of rotatable bonds is 5. The van der Waals surface area contributed by atoms with Gasteiger partial charge in [0, 0.05) is 28.8 Å². The quantitative estimate of drug-likeness (QED) is 0.495. The monoisotopic (exact) mass is 391 g/mol. The van der Waals surface area contributed by atoms with Crippen LogP contribution in [0.3, 0.4) is 0 Å². The summed E-state index contributed by atoms with van der Waals surface area (Å²) >= 11 is 5.85. The summed E-state index contributed by atoms with van der Waals surface area (Å²) < 4.78 is 5.64. The van der Waals surface area contributed by atoms with Crippen LogP contribution in [0.4, 0.5) is 0 Å². The summed E-state index contributed by atoms with van der Waals surface area (Å²) in [5.74, 6) is 0.520. The van der Waals surface area contributed by atoms with E-state index in [9.17, 15) is 9.59 Å². The third-order valence-electron chi connectivity index (χ3n) is 4.83. The second-order valence-electron chi connectivity index (χ2n) is 6.66. The Labute approximate surface area is 168 Å². The van der Waals surface area contributed by atoms with E-state index in [4.69, 9.17) is 16.3 Å². The summed E-state index contributed by atoms with van der Waals surface area (Å²) in [5.41, 5.74) is 3.57. The average Bonchev–Trinajstić information content (AvgIpc) is 3.01. The molecule has 0 aliphatic heterocycles. The molecule has 0 unspecified atom stereocenters. The molecule has 0 heterocycles. The van der Waals surface area contributed by atoms with Crippen molar-refractivity contribution in [3.05, 3.63) is 88.4 Å². The number of hydrogen-bond donors (Lipinski definition) is 0. The molecule has 0 saturated carbocycles. The highest BCUT2D eigenvalue weighted by Gasteiger charge is 2.27. The van der Waals surface area contributed by atoms with Gasteiger partial charge in [-0.25, -0.2) is 0 Å². The standard InChI is InChI=1S/C23H18ClNO3/c1-25(12-13-28-17-9-7-16(24)8-10-17)23(27)15-6-11-19-18-4-2-3-5-20(18)22(26)21(19)14-15/h2-11,14H,12-13H2,1H3. The Morgan fingerprint density at radius 2 is 1.61 bits per heavy atom. The van der Waals surface area contributed by atoms with Gasteiger partial charge in [-0.1, -0.05) is 41.9 Å². The van der Waals surface area contributed by atoms with E-state index in [1.54, 1.807) is 48.3 Å². The fraction of sp³-hybridized carbons (Fsp3) is 0.130. The first-order chi connectivity index (χ1) is 13.5. The lowest BCUT2D eigenvalue weighted by molar-refractivity contribution is 0.0774. The maximum absolute atomic E-state index is 12.8. The van der Waals surface area contributed by atoms with Crippen LogP contribution < -0.4 is 4.74 Å². The highest BCUT2D eigenvalue weighted by atomic mass is 35.5. The van der Waals surface area contributed by atoms with Gasteiger partial charge in [-0.05, 0) is 47.5 Å². The molecular weight excluding hydrogens is 374 g/mol. The molecule has 1 aliphatic carbocycles. The van der Waals surface area contributed by atoms with E-state index in [2.05, 4.69) is 0 Å². The maximum atomic E-state index is 12.8. The van der Waals surface area contributed by atoms with Crippen molar-refractivity contribution in [2.45, 2.75) is 0 Å². The van der Waals surface area contributed by atoms with Gasteiger partial charge in [-0.3, -0.25) is 9.59 Å². The molecule has 0 radical (unpaired) electrons. The van der Waals surface area contributed by atoms with Crippen molar-refractivity contribution in [1.29, 1.82) is 0 Å². The fourth-order valence-electron chi connectivity index (χ4n) is 3.31. The minimum absolute atomic E-state index is 0.0334. The van der Waals surface area contributed by atoms with Crippen molar-refractivity contribution in [2.75, 3.05) is 20.2 Å². The predicted molar refractivity (Wildman–Crippen MR) is 109 cm³/mol. The third-order valence-corrected chi connectivity index (χ3v) is 5.08. The number of benzene rings is 3. The van der Waals surface area contributed by atoms with E-state index in [-0.39, 0.29) is 11.7 Å². The first-order valence-electron chi connectivity index (χ1n) is 8.96. The molecule has 4 rings (SSSR count). The summed E-state index contributed by atoms with van der Waals surface area (Å²) in [6, 6.07) is 19.9. The number of ketones is 1. The van der Waals surface area contributed by atoms with Crippen molar-refractivity contribution in [3.63, 3.8) is 0 Å². The van der Waals surface area contributed by atoms with E-state index in [1.165, 1.54) is 0 Å². The van der Waals surface area contributed by atoms with Gasteiger partial charge in [-0.2, -0.15) is 0 Å². The third kappa shape index (κ3) is 3.39. The van der Waals surface area contributed by atoms with Gasteiger partial charge in [-0.15, -0.1) is 0 Å². The Kier molecular flexibility index (Phi) is 4.88. The number of halogens is 1. The summed E-state index contributed by atoms with van der Waals surface area (Å²) in [6.45, 7) is 0.784. The van der Waals surface area contributed by atoms with Crippen LogP contribution in [0.1, 0.15) is 26.3 Å². The predicted octanol–water partition coefficient (Wildman–Crippen LogP) is 4.70. The molecule has 0 saturated heterocycles. The van der Waals surface area contributed by atoms with E-state index in [0.717, 1.165) is 11.1 Å². The lowest BCUT2D eigenvalue weighted by Gasteiger charge is -2.18. The van der Waals surface area contributed by atoms with Crippen LogP contribution in [0.5, 0.6) is 5.75 Å². The first kappa shape index (κ1) is 18.3. The van der Waals surface area contributed by atoms with Crippen molar-refractivity contribution >= 4 is 23.3 Å². The molecule has 1 aliphatic rings. The molecule has 0 spiro atoms. The number of carbonyl (C=O) groups is 2. The van der Waals surface area contributed by atoms with Gasteiger partial charge in [0.25, 0.3) is 5.91 Å². The Morgan fingerprint density at radius 3 is 2.36 bits per heavy atom. The molecule has 140 valence electrons. The topological polar surface area (TPSA) is 46.6 Å². The molecular formula is C23H18ClNO3. The summed E-state index contributed by atoms with van der Waals surface area (Å²) in [6.07, 6.45) is 0. The van der Waals surface area contributed by atoms with Crippen LogP contribution in [0, 0.1) is 0 Å². The highest BCUT2D eigenvalue weighted by Crippen LogP contribution is 2.36. The molecule has 0 atom stereocenters. The van der Waals surface area contributed by atoms with Crippen LogP contribution in [0.25, 0.3) is 11.1 Å². The van der Waals surface area contributed by atoms with Gasteiger partial charge in [0.15, 0.2) is 5.78 Å². The molecule has 3 aromatic carbocycles. The average molecular weight is 392 g/mol. The van der Waals surface area contributed by atoms with Crippen LogP contribution in [0.15, 0.2) is 66.7 Å². The fourth-order valence-corrected chi connectivity index (χ4v) is 3.44. The Hall–Kier alpha value is -3.11. The van der Waals surface area contributed by atoms with E-state index in [1.807, 2.05) is 30.3 Å². The molecule has 4 nitrogen and oxygen atoms in total. The minimum Gasteiger partial charge on any atom is -0.492 e. The smallest absolute Gasteiger partial charge is 0.253 e. The minimum atomic E-state index is -0.147. The largest absolute Gasteiger partial charge is 0.492 e. The summed E-state index contributed by atoms with van der Waals surface area (Å²) in [5, 5.41) is 0.646. The summed E-state index contributed by atoms with van der Waals surface area (Å²) in [7, 11) is 1.72. The maximum Gasteiger partial charge on any atom is 0.253 e. The summed E-state index contributed by atoms with van der Waals surface area (Å²) in [4.78, 5) is 27.0. The molecule has 0 fully saturated rings. The second-order valence-corrected chi connectivity index (χ2v) is 7.10. The molecule has 1 amide bonds. The lowest BCUT2D eigenvalue weighted by atomic mass is 10.0.